The van der Waals surface area contributed by atoms with Gasteiger partial charge in [0.05, 0.1) is 39.6 Å². The molecule has 0 spiro atoms. The van der Waals surface area contributed by atoms with Gasteiger partial charge in [-0.1, -0.05) is 233 Å². The second-order valence-electron chi connectivity index (χ2n) is 37.0. The van der Waals surface area contributed by atoms with Gasteiger partial charge in [-0.15, -0.1) is 212 Å². The second-order valence-corrected chi connectivity index (χ2v) is 37.0. The van der Waals surface area contributed by atoms with Crippen molar-refractivity contribution in [1.29, 1.82) is 0 Å². The molecule has 0 unspecified atom stereocenters. The van der Waals surface area contributed by atoms with Gasteiger partial charge in [0.25, 0.3) is 0 Å². The molecular weight excluding hydrogens is 2750 g/mol. The van der Waals surface area contributed by atoms with Crippen LogP contribution in [-0.4, -0.2) is 73.5 Å². The number of allylic oxidation sites excluding steroid dienone is 8. The number of rotatable bonds is 18. The summed E-state index contributed by atoms with van der Waals surface area (Å²) >= 11 is 0. The summed E-state index contributed by atoms with van der Waals surface area (Å²) in [6.07, 6.45) is 14.6. The van der Waals surface area contributed by atoms with E-state index in [0.29, 0.717) is 11.8 Å². The molecule has 0 aliphatic carbocycles. The molecule has 6 heterocycles. The van der Waals surface area contributed by atoms with Gasteiger partial charge in [-0.2, -0.15) is 0 Å². The normalized spacial score (nSPS) is 10.6. The Balaban J connectivity index is 0.000000438. The van der Waals surface area contributed by atoms with Crippen LogP contribution in [0.4, 0.5) is 0 Å². The molecule has 0 aliphatic heterocycles. The van der Waals surface area contributed by atoms with Crippen LogP contribution < -0.4 is 0 Å². The van der Waals surface area contributed by atoms with Crippen LogP contribution >= 0.6 is 0 Å². The number of pyridine rings is 6. The molecule has 0 aliphatic rings. The number of aliphatic hydroxyl groups is 4. The van der Waals surface area contributed by atoms with E-state index in [1.165, 1.54) is 174 Å². The van der Waals surface area contributed by atoms with Gasteiger partial charge in [0, 0.05) is 149 Å². The molecule has 0 saturated heterocycles. The number of ketones is 4. The number of carbonyl (C=O) groups excluding carboxylic acids is 4. The average Bonchev–Trinajstić information content (AvgIpc) is 0.844. The van der Waals surface area contributed by atoms with Crippen LogP contribution in [0.25, 0.3) is 123 Å². The molecule has 4 N–H and O–H groups in total. The van der Waals surface area contributed by atoms with E-state index < -0.39 is 0 Å². The molecule has 14 nitrogen and oxygen atoms in total. The Bertz CT molecular complexity index is 7010. The predicted octanol–water partition coefficient (Wildman–Crippen LogP) is 32.7. The van der Waals surface area contributed by atoms with Crippen LogP contribution in [-0.2, 0) is 139 Å². The third kappa shape index (κ3) is 47.6. The molecule has 150 heavy (non-hydrogen) atoms. The molecule has 0 amide bonds. The van der Waals surface area contributed by atoms with E-state index in [-0.39, 0.29) is 147 Å². The van der Waals surface area contributed by atoms with Gasteiger partial charge in [0.15, 0.2) is 23.1 Å². The van der Waals surface area contributed by atoms with Crippen LogP contribution in [0.1, 0.15) is 169 Å². The topological polar surface area (TPSA) is 227 Å². The van der Waals surface area contributed by atoms with E-state index >= 15 is 0 Å². The number of hydrogen-bond acceptors (Lipinski definition) is 14. The first kappa shape index (κ1) is 131. The number of aromatic nitrogens is 6. The minimum Gasteiger partial charge on any atom is -0.512 e. The number of benzene rings is 11. The van der Waals surface area contributed by atoms with Crippen molar-refractivity contribution in [2.24, 2.45) is 11.8 Å². The van der Waals surface area contributed by atoms with Gasteiger partial charge >= 0.3 is 0 Å². The summed E-state index contributed by atoms with van der Waals surface area (Å²) in [5.74, 6) is 1.06. The summed E-state index contributed by atoms with van der Waals surface area (Å²) in [5.41, 5.74) is 36.8. The number of aliphatic hydroxyl groups excluding tert-OH is 4. The summed E-state index contributed by atoms with van der Waals surface area (Å²) in [6.45, 7) is 43.7. The van der Waals surface area contributed by atoms with Crippen molar-refractivity contribution in [1.82, 2.24) is 29.9 Å². The van der Waals surface area contributed by atoms with Crippen LogP contribution in [0.2, 0.25) is 0 Å². The molecule has 789 valence electrons. The number of nitrogens with zero attached hydrogens (tertiary/aromatic N) is 6. The van der Waals surface area contributed by atoms with Crippen LogP contribution in [0.15, 0.2) is 345 Å². The molecule has 0 saturated carbocycles. The average molecular weight is 2880 g/mol. The van der Waals surface area contributed by atoms with Crippen LogP contribution in [0.3, 0.4) is 0 Å². The molecule has 0 fully saturated rings. The van der Waals surface area contributed by atoms with Crippen molar-refractivity contribution < 1.29 is 140 Å². The molecule has 0 bridgehead atoms. The maximum Gasteiger partial charge on any atom is 0.155 e. The summed E-state index contributed by atoms with van der Waals surface area (Å²) in [7, 11) is 0. The van der Waals surface area contributed by atoms with E-state index in [1.54, 1.807) is 6.20 Å². The van der Waals surface area contributed by atoms with E-state index in [2.05, 4.69) is 343 Å². The van der Waals surface area contributed by atoms with E-state index in [1.807, 2.05) is 103 Å². The monoisotopic (exact) mass is 2890 g/mol. The number of fused-ring (bicyclic) bond motifs is 3. The molecule has 5 radical (unpaired) electrons. The quantitative estimate of drug-likeness (QED) is 0.0356. The molecule has 11 aromatic carbocycles. The third-order valence-electron chi connectivity index (χ3n) is 21.5. The Morgan fingerprint density at radius 3 is 1.07 bits per heavy atom. The molecule has 6 aromatic heterocycles. The number of carbonyl (C=O) groups is 4. The van der Waals surface area contributed by atoms with Gasteiger partial charge in [0.1, 0.15) is 0 Å². The zero-order valence-corrected chi connectivity index (χ0v) is 102. The first-order valence-corrected chi connectivity index (χ1v) is 48.8. The molecule has 17 rings (SSSR count). The Morgan fingerprint density at radius 2 is 0.687 bits per heavy atom. The van der Waals surface area contributed by atoms with Gasteiger partial charge in [-0.05, 0) is 240 Å². The largest absolute Gasteiger partial charge is 0.512 e. The van der Waals surface area contributed by atoms with Gasteiger partial charge in [-0.3, -0.25) is 34.1 Å². The maximum atomic E-state index is 10.0. The first-order valence-electron chi connectivity index (χ1n) is 48.8. The van der Waals surface area contributed by atoms with E-state index in [4.69, 9.17) is 35.4 Å². The molecule has 0 atom stereocenters. The van der Waals surface area contributed by atoms with E-state index in [9.17, 15) is 19.2 Å². The minimum atomic E-state index is -0.125. The summed E-state index contributed by atoms with van der Waals surface area (Å²) in [4.78, 5) is 67.8. The fourth-order valence-electron chi connectivity index (χ4n) is 15.9. The van der Waals surface area contributed by atoms with Crippen molar-refractivity contribution >= 4 is 55.8 Å². The van der Waals surface area contributed by atoms with Crippen molar-refractivity contribution in [3.63, 3.8) is 0 Å². The maximum absolute atomic E-state index is 10.0. The zero-order valence-electron chi connectivity index (χ0n) is 89.9. The first-order chi connectivity index (χ1) is 69.1. The fourth-order valence-corrected chi connectivity index (χ4v) is 15.9. The Morgan fingerprint density at radius 1 is 0.307 bits per heavy atom. The Hall–Kier alpha value is -12.8. The van der Waals surface area contributed by atoms with Crippen LogP contribution in [0, 0.1) is 117 Å². The van der Waals surface area contributed by atoms with Gasteiger partial charge in [0.2, 0.25) is 0 Å². The standard InChI is InChI=1S/2C21H22N.C20H20N.2C19H16N.C11H8N.4C5H8O2.5Ir/c1-14(2)9-17-5-6-18-7-8-20(22-21(18)13-17)19-11-15(3)10-16(4)12-19;1-14(2)10-17-6-5-7-21-19(17)8-9-20(22-21)18-12-15(3)11-16(4)13-18;1-4-5-16-6-7-17-8-9-19(21-20(17)13-16)18-11-14(2)10-15(3)12-18;1-14-10-15(2)12-18(11-14)17-8-9-20-19(13-17)16-6-4-3-5-7-16;1-14-8-9-18(15(2)12-14)17-10-11-20-19(13-17)16-6-4-3-5-7-16;1-2-6-10(7-3-1)11-8-4-5-9-12-11;4*1-4(6)3-5(2)7;;;;;/h5-8,10-11,13-14H,9H2,1-4H3;5-9,11-12,14H,10H2,1-4H3;6-11,13H,4-5H2,1-3H3;2*3-6,8-13H,1-2H3;1-6,8-9H;4*3,6H,1-2H3;;;;;/q6*-1;;;;;;;;;. The van der Waals surface area contributed by atoms with Crippen molar-refractivity contribution in [2.45, 2.75) is 185 Å². The minimum absolute atomic E-state index is 0. The van der Waals surface area contributed by atoms with Crippen molar-refractivity contribution in [3.05, 3.63) is 454 Å². The zero-order chi connectivity index (χ0) is 106. The van der Waals surface area contributed by atoms with Gasteiger partial charge in [-0.25, -0.2) is 0 Å². The fraction of sp³-hybridized carbons (Fsp3) is 0.221. The predicted molar refractivity (Wildman–Crippen MR) is 601 cm³/mol. The Labute approximate surface area is 957 Å². The molecule has 17 aromatic rings. The SMILES string of the molecule is CC(=O)C=C(C)O.CC(=O)C=C(C)O.CC(=O)C=C(C)O.CC(=O)C=C(C)O.CCCc1ccc2ccc(-c3[c-]c(C)cc(C)c3)nc2c1.Cc1[c-]c(-c2ccc3c(CC(C)C)cccc3n2)cc(C)c1.Cc1[c-]c(-c2ccc3ccc(CC(C)C)cc3n2)cc(C)c1.Cc1cc(C)cc(-c2ccnc(-c3[c-]cccc3)c2)c1.Cc1ccc(-c2ccnc(-c3[c-]cccc3)c2)c(C)c1.[Ir].[Ir].[Ir].[Ir].[Ir].[c-]1ccccc1-c1ccccn1. The second kappa shape index (κ2) is 68.1. The van der Waals surface area contributed by atoms with Crippen LogP contribution in [0.5, 0.6) is 0 Å². The van der Waals surface area contributed by atoms with Crippen molar-refractivity contribution in [2.75, 3.05) is 0 Å². The summed E-state index contributed by atoms with van der Waals surface area (Å²) < 4.78 is 0. The van der Waals surface area contributed by atoms with Gasteiger partial charge < -0.3 is 35.4 Å². The molecular formula is C131H136Ir5N6O8-6. The summed E-state index contributed by atoms with van der Waals surface area (Å²) in [6, 6.07) is 116. The number of hydrogen-bond donors (Lipinski definition) is 4. The number of aryl methyl sites for hydroxylation is 11. The third-order valence-corrected chi connectivity index (χ3v) is 21.5. The van der Waals surface area contributed by atoms with Crippen molar-refractivity contribution in [3.8, 4) is 89.8 Å². The van der Waals surface area contributed by atoms with E-state index in [0.717, 1.165) is 126 Å². The smallest absolute Gasteiger partial charge is 0.155 e. The Kier molecular flexibility index (Phi) is 59.6. The summed E-state index contributed by atoms with van der Waals surface area (Å²) in [5, 5.41) is 37.1. The molecule has 19 heteroatoms.